The number of carbonyl (C=O) groups is 1. The second-order valence-electron chi connectivity index (χ2n) is 8.61. The van der Waals surface area contributed by atoms with Gasteiger partial charge in [0.2, 0.25) is 0 Å². The number of thiophene rings is 1. The SMILES string of the molecule is C[C@@H](OC(=O)Nc1cc(Cl)sc1-c1ccc(-c2ccc(C3CC3)cc2)cc1)c1ccc(F)c(F)c1. The first kappa shape index (κ1) is 23.5. The van der Waals surface area contributed by atoms with E-state index in [1.165, 1.54) is 35.8 Å². The number of carbonyl (C=O) groups excluding carboxylic acids is 1. The van der Waals surface area contributed by atoms with Crippen LogP contribution in [0, 0.1) is 11.6 Å². The molecule has 5 rings (SSSR count). The van der Waals surface area contributed by atoms with E-state index >= 15 is 0 Å². The van der Waals surface area contributed by atoms with E-state index in [2.05, 4.69) is 29.6 Å². The standard InChI is InChI=1S/C28H22ClF2NO2S/c1-16(22-12-13-23(30)24(31)14-22)34-28(33)32-25-15-26(29)35-27(25)21-10-8-20(9-11-21)19-6-4-18(5-7-19)17-2-3-17/h4-17H,2-3H2,1H3,(H,32,33)/t16-/m1/s1. The fourth-order valence-electron chi connectivity index (χ4n) is 3.98. The minimum atomic E-state index is -0.993. The Morgan fingerprint density at radius 2 is 1.57 bits per heavy atom. The van der Waals surface area contributed by atoms with Crippen molar-refractivity contribution in [1.29, 1.82) is 0 Å². The summed E-state index contributed by atoms with van der Waals surface area (Å²) in [5.41, 5.74) is 5.43. The number of amides is 1. The van der Waals surface area contributed by atoms with Crippen molar-refractivity contribution in [3.05, 3.63) is 99.9 Å². The van der Waals surface area contributed by atoms with E-state index in [4.69, 9.17) is 16.3 Å². The Morgan fingerprint density at radius 1 is 0.943 bits per heavy atom. The molecule has 1 fully saturated rings. The van der Waals surface area contributed by atoms with Crippen molar-refractivity contribution in [2.24, 2.45) is 0 Å². The summed E-state index contributed by atoms with van der Waals surface area (Å²) in [5, 5.41) is 2.72. The minimum absolute atomic E-state index is 0.350. The van der Waals surface area contributed by atoms with Gasteiger partial charge in [-0.05, 0) is 71.7 Å². The quantitative estimate of drug-likeness (QED) is 0.281. The maximum Gasteiger partial charge on any atom is 0.412 e. The van der Waals surface area contributed by atoms with E-state index in [1.54, 1.807) is 13.0 Å². The number of benzene rings is 3. The lowest BCUT2D eigenvalue weighted by Gasteiger charge is -2.15. The minimum Gasteiger partial charge on any atom is -0.441 e. The molecule has 7 heteroatoms. The van der Waals surface area contributed by atoms with Gasteiger partial charge in [0.25, 0.3) is 0 Å². The molecule has 1 saturated carbocycles. The van der Waals surface area contributed by atoms with Crippen molar-refractivity contribution in [2.45, 2.75) is 31.8 Å². The number of rotatable bonds is 6. The molecule has 0 bridgehead atoms. The summed E-state index contributed by atoms with van der Waals surface area (Å²) in [6.07, 6.45) is 1.08. The summed E-state index contributed by atoms with van der Waals surface area (Å²) in [5.74, 6) is -1.22. The third kappa shape index (κ3) is 5.39. The van der Waals surface area contributed by atoms with Gasteiger partial charge in [-0.25, -0.2) is 13.6 Å². The van der Waals surface area contributed by atoms with Gasteiger partial charge in [0.05, 0.1) is 14.9 Å². The Kier molecular flexibility index (Phi) is 6.58. The normalized spacial score (nSPS) is 13.9. The molecule has 0 unspecified atom stereocenters. The van der Waals surface area contributed by atoms with Gasteiger partial charge in [-0.15, -0.1) is 11.3 Å². The zero-order valence-corrected chi connectivity index (χ0v) is 20.4. The van der Waals surface area contributed by atoms with Gasteiger partial charge in [0, 0.05) is 0 Å². The fraction of sp³-hybridized carbons (Fsp3) is 0.179. The number of anilines is 1. The summed E-state index contributed by atoms with van der Waals surface area (Å²) in [4.78, 5) is 13.3. The summed E-state index contributed by atoms with van der Waals surface area (Å²) in [6.45, 7) is 1.59. The van der Waals surface area contributed by atoms with E-state index in [0.717, 1.165) is 39.6 Å². The lowest BCUT2D eigenvalue weighted by molar-refractivity contribution is 0.121. The van der Waals surface area contributed by atoms with Crippen molar-refractivity contribution in [2.75, 3.05) is 5.32 Å². The highest BCUT2D eigenvalue weighted by Gasteiger charge is 2.23. The van der Waals surface area contributed by atoms with Gasteiger partial charge < -0.3 is 4.74 Å². The Labute approximate surface area is 211 Å². The second kappa shape index (κ2) is 9.80. The smallest absolute Gasteiger partial charge is 0.412 e. The second-order valence-corrected chi connectivity index (χ2v) is 10.3. The van der Waals surface area contributed by atoms with Crippen LogP contribution in [0.25, 0.3) is 21.6 Å². The summed E-state index contributed by atoms with van der Waals surface area (Å²) < 4.78 is 32.6. The van der Waals surface area contributed by atoms with Crippen molar-refractivity contribution in [1.82, 2.24) is 0 Å². The molecule has 1 aliphatic rings. The molecule has 35 heavy (non-hydrogen) atoms. The highest BCUT2D eigenvalue weighted by molar-refractivity contribution is 7.20. The first-order chi connectivity index (χ1) is 16.9. The average Bonchev–Trinajstić information content (AvgIpc) is 3.64. The van der Waals surface area contributed by atoms with Crippen LogP contribution in [0.5, 0.6) is 0 Å². The highest BCUT2D eigenvalue weighted by Crippen LogP contribution is 2.42. The Morgan fingerprint density at radius 3 is 2.20 bits per heavy atom. The van der Waals surface area contributed by atoms with Gasteiger partial charge in [-0.1, -0.05) is 66.2 Å². The summed E-state index contributed by atoms with van der Waals surface area (Å²) >= 11 is 7.60. The molecule has 0 saturated heterocycles. The van der Waals surface area contributed by atoms with Gasteiger partial charge in [-0.3, -0.25) is 5.32 Å². The Balaban J connectivity index is 1.29. The third-order valence-corrected chi connectivity index (χ3v) is 7.39. The topological polar surface area (TPSA) is 38.3 Å². The maximum atomic E-state index is 13.5. The fourth-order valence-corrected chi connectivity index (χ4v) is 5.17. The van der Waals surface area contributed by atoms with Crippen LogP contribution in [0.2, 0.25) is 4.34 Å². The summed E-state index contributed by atoms with van der Waals surface area (Å²) in [7, 11) is 0. The molecule has 0 spiro atoms. The van der Waals surface area contributed by atoms with Gasteiger partial charge in [0.1, 0.15) is 6.10 Å². The van der Waals surface area contributed by atoms with Crippen LogP contribution in [0.15, 0.2) is 72.8 Å². The van der Waals surface area contributed by atoms with Crippen LogP contribution in [0.3, 0.4) is 0 Å². The van der Waals surface area contributed by atoms with Crippen LogP contribution in [0.4, 0.5) is 19.3 Å². The predicted molar refractivity (Wildman–Crippen MR) is 137 cm³/mol. The van der Waals surface area contributed by atoms with E-state index < -0.39 is 23.8 Å². The Bertz CT molecular complexity index is 1360. The van der Waals surface area contributed by atoms with Crippen molar-refractivity contribution >= 4 is 34.7 Å². The van der Waals surface area contributed by atoms with Crippen LogP contribution in [-0.4, -0.2) is 6.09 Å². The molecule has 1 N–H and O–H groups in total. The number of ether oxygens (including phenoxy) is 1. The molecule has 1 atom stereocenters. The predicted octanol–water partition coefficient (Wildman–Crippen LogP) is 9.20. The molecule has 1 aliphatic carbocycles. The molecule has 0 aliphatic heterocycles. The van der Waals surface area contributed by atoms with E-state index in [9.17, 15) is 13.6 Å². The molecular formula is C28H22ClF2NO2S. The number of halogens is 3. The van der Waals surface area contributed by atoms with E-state index in [0.29, 0.717) is 15.6 Å². The molecule has 3 nitrogen and oxygen atoms in total. The Hall–Kier alpha value is -3.22. The van der Waals surface area contributed by atoms with E-state index in [1.807, 2.05) is 24.3 Å². The molecule has 1 amide bonds. The largest absolute Gasteiger partial charge is 0.441 e. The zero-order chi connectivity index (χ0) is 24.5. The van der Waals surface area contributed by atoms with Crippen molar-refractivity contribution in [3.63, 3.8) is 0 Å². The van der Waals surface area contributed by atoms with Crippen LogP contribution >= 0.6 is 22.9 Å². The van der Waals surface area contributed by atoms with Crippen LogP contribution in [0.1, 0.15) is 42.9 Å². The lowest BCUT2D eigenvalue weighted by atomic mass is 10.0. The molecule has 4 aromatic rings. The number of nitrogens with one attached hydrogen (secondary N) is 1. The van der Waals surface area contributed by atoms with Crippen LogP contribution in [-0.2, 0) is 4.74 Å². The zero-order valence-electron chi connectivity index (χ0n) is 18.9. The molecule has 3 aromatic carbocycles. The third-order valence-electron chi connectivity index (χ3n) is 6.08. The van der Waals surface area contributed by atoms with Gasteiger partial charge in [-0.2, -0.15) is 0 Å². The van der Waals surface area contributed by atoms with Crippen molar-refractivity contribution in [3.8, 4) is 21.6 Å². The molecular weight excluding hydrogens is 488 g/mol. The molecule has 178 valence electrons. The number of hydrogen-bond donors (Lipinski definition) is 1. The number of hydrogen-bond acceptors (Lipinski definition) is 3. The first-order valence-electron chi connectivity index (χ1n) is 11.3. The summed E-state index contributed by atoms with van der Waals surface area (Å²) in [6, 6.07) is 21.9. The van der Waals surface area contributed by atoms with Gasteiger partial charge in [0.15, 0.2) is 11.6 Å². The monoisotopic (exact) mass is 509 g/mol. The highest BCUT2D eigenvalue weighted by atomic mass is 35.5. The molecule has 1 aromatic heterocycles. The van der Waals surface area contributed by atoms with E-state index in [-0.39, 0.29) is 0 Å². The van der Waals surface area contributed by atoms with Gasteiger partial charge >= 0.3 is 6.09 Å². The maximum absolute atomic E-state index is 13.5. The molecule has 0 radical (unpaired) electrons. The van der Waals surface area contributed by atoms with Crippen LogP contribution < -0.4 is 5.32 Å². The van der Waals surface area contributed by atoms with Crippen molar-refractivity contribution < 1.29 is 18.3 Å². The molecule has 1 heterocycles. The first-order valence-corrected chi connectivity index (χ1v) is 12.5. The lowest BCUT2D eigenvalue weighted by Crippen LogP contribution is -2.16. The average molecular weight is 510 g/mol.